The van der Waals surface area contributed by atoms with Crippen LogP contribution >= 0.6 is 0 Å². The quantitative estimate of drug-likeness (QED) is 0.0362. The van der Waals surface area contributed by atoms with Crippen LogP contribution in [0.25, 0.3) is 0 Å². The van der Waals surface area contributed by atoms with Crippen molar-refractivity contribution < 1.29 is 67.5 Å². The van der Waals surface area contributed by atoms with Gasteiger partial charge in [-0.2, -0.15) is 0 Å². The summed E-state index contributed by atoms with van der Waals surface area (Å²) in [6.45, 7) is 9.06. The zero-order chi connectivity index (χ0) is 59.8. The van der Waals surface area contributed by atoms with Crippen molar-refractivity contribution in [3.05, 3.63) is 117 Å². The molecular formula is C65H80N6O14. The Labute approximate surface area is 496 Å². The highest BCUT2D eigenvalue weighted by atomic mass is 16.5. The number of methoxy groups -OCH3 is 2. The van der Waals surface area contributed by atoms with Gasteiger partial charge in [0.15, 0.2) is 0 Å². The second-order valence-corrected chi connectivity index (χ2v) is 24.0. The number of ether oxygens (including phenoxy) is 5. The van der Waals surface area contributed by atoms with Crippen LogP contribution in [0.5, 0.6) is 11.5 Å². The van der Waals surface area contributed by atoms with Crippen LogP contribution in [0.4, 0.5) is 11.4 Å². The molecule has 4 aromatic carbocycles. The molecule has 0 bridgehead atoms. The van der Waals surface area contributed by atoms with Gasteiger partial charge in [0.2, 0.25) is 11.8 Å². The molecule has 0 aromatic heterocycles. The number of likely N-dealkylation sites (tertiary alicyclic amines) is 2. The molecule has 4 saturated heterocycles. The van der Waals surface area contributed by atoms with Crippen molar-refractivity contribution in [2.24, 2.45) is 16.7 Å². The van der Waals surface area contributed by atoms with Crippen LogP contribution in [0.3, 0.4) is 0 Å². The van der Waals surface area contributed by atoms with E-state index in [9.17, 15) is 33.6 Å². The van der Waals surface area contributed by atoms with Gasteiger partial charge >= 0.3 is 17.9 Å². The number of rotatable bonds is 26. The predicted molar refractivity (Wildman–Crippen MR) is 315 cm³/mol. The number of hydrogen-bond acceptors (Lipinski definition) is 15. The maximum atomic E-state index is 13.6. The minimum atomic E-state index is -0.990. The number of amides is 4. The van der Waals surface area contributed by atoms with Crippen LogP contribution in [0.15, 0.2) is 72.8 Å². The standard InChI is InChI=1S/C65H80N6O14/c1-4-84-55-35-54(63(80)82-3)52(33-47(55)39-69-25-19-65(20-26-69)37-57(73)70(41-65)48-11-7-43(8-12-48)60(77)66-21-15-59(75)76)51-31-45(51)16-28-85-56-34-53(62(79)81-2)50(42-5-6-42)32-46(56)38-68-23-17-64(18-24-68)36-58(74)71(40-64)49-13-9-44(10-14-49)61(78)67-22-29-83-30-27-72/h7-14,32-35,42,45,51,72H,4-6,15-31,36-41H2,1-3H3,(H,66,77)(H,67,78)(H,75,76). The average molecular weight is 1170 g/mol. The fourth-order valence-electron chi connectivity index (χ4n) is 13.1. The molecule has 454 valence electrons. The van der Waals surface area contributed by atoms with Crippen LogP contribution in [0, 0.1) is 16.7 Å². The molecule has 2 aliphatic carbocycles. The minimum Gasteiger partial charge on any atom is -0.494 e. The van der Waals surface area contributed by atoms with E-state index in [1.165, 1.54) is 14.2 Å². The summed E-state index contributed by atoms with van der Waals surface area (Å²) in [4.78, 5) is 98.5. The summed E-state index contributed by atoms with van der Waals surface area (Å²) < 4.78 is 28.8. The zero-order valence-electron chi connectivity index (χ0n) is 49.1. The summed E-state index contributed by atoms with van der Waals surface area (Å²) in [7, 11) is 2.80. The Balaban J connectivity index is 0.760. The van der Waals surface area contributed by atoms with Crippen molar-refractivity contribution in [2.75, 3.05) is 109 Å². The second kappa shape index (κ2) is 26.9. The first-order valence-corrected chi connectivity index (χ1v) is 30.1. The summed E-state index contributed by atoms with van der Waals surface area (Å²) >= 11 is 0. The van der Waals surface area contributed by atoms with Crippen molar-refractivity contribution in [3.8, 4) is 11.5 Å². The topological polar surface area (TPSA) is 243 Å². The van der Waals surface area contributed by atoms with Gasteiger partial charge in [-0.1, -0.05) is 0 Å². The van der Waals surface area contributed by atoms with Crippen molar-refractivity contribution in [1.82, 2.24) is 20.4 Å². The Morgan fingerprint density at radius 2 is 1.13 bits per heavy atom. The third kappa shape index (κ3) is 14.5. The van der Waals surface area contributed by atoms with E-state index in [1.54, 1.807) is 36.4 Å². The van der Waals surface area contributed by atoms with E-state index >= 15 is 0 Å². The largest absolute Gasteiger partial charge is 0.494 e. The number of carbonyl (C=O) groups is 7. The van der Waals surface area contributed by atoms with Gasteiger partial charge in [0.1, 0.15) is 11.5 Å². The van der Waals surface area contributed by atoms with E-state index in [0.717, 1.165) is 111 Å². The summed E-state index contributed by atoms with van der Waals surface area (Å²) in [5, 5.41) is 23.2. The van der Waals surface area contributed by atoms with Gasteiger partial charge in [-0.05, 0) is 197 Å². The number of carboxylic acid groups (broad SMARTS) is 1. The van der Waals surface area contributed by atoms with Crippen LogP contribution in [0.2, 0.25) is 0 Å². The minimum absolute atomic E-state index is 0.0284. The van der Waals surface area contributed by atoms with E-state index in [0.29, 0.717) is 99.1 Å². The Bertz CT molecular complexity index is 3110. The number of carboxylic acids is 1. The molecule has 0 radical (unpaired) electrons. The summed E-state index contributed by atoms with van der Waals surface area (Å²) in [6, 6.07) is 22.0. The lowest BCUT2D eigenvalue weighted by Crippen LogP contribution is -2.41. The lowest BCUT2D eigenvalue weighted by atomic mass is 9.77. The highest BCUT2D eigenvalue weighted by molar-refractivity contribution is 6.00. The first-order valence-electron chi connectivity index (χ1n) is 30.1. The molecule has 4 N–H and O–H groups in total. The summed E-state index contributed by atoms with van der Waals surface area (Å²) in [6.07, 6.45) is 7.64. The molecular weight excluding hydrogens is 1090 g/mol. The van der Waals surface area contributed by atoms with Crippen molar-refractivity contribution >= 4 is 52.9 Å². The number of aliphatic hydroxyl groups excluding tert-OH is 1. The normalized spacial score (nSPS) is 20.0. The fraction of sp³-hybridized carbons (Fsp3) is 0.523. The Hall–Kier alpha value is -7.39. The van der Waals surface area contributed by atoms with Gasteiger partial charge in [-0.3, -0.25) is 33.8 Å². The molecule has 85 heavy (non-hydrogen) atoms. The number of hydrogen-bond donors (Lipinski definition) is 4. The van der Waals surface area contributed by atoms with E-state index in [2.05, 4.69) is 32.6 Å². The highest BCUT2D eigenvalue weighted by Crippen LogP contribution is 2.53. The molecule has 4 aliphatic heterocycles. The average Bonchev–Trinajstić information content (AvgIpc) is 2.82. The second-order valence-electron chi connectivity index (χ2n) is 24.0. The number of nitrogens with zero attached hydrogens (tertiary/aromatic N) is 4. The number of benzene rings is 4. The van der Waals surface area contributed by atoms with E-state index in [-0.39, 0.29) is 84.4 Å². The van der Waals surface area contributed by atoms with Crippen molar-refractivity contribution in [2.45, 2.75) is 102 Å². The van der Waals surface area contributed by atoms with Crippen LogP contribution < -0.4 is 29.9 Å². The molecule has 2 unspecified atom stereocenters. The number of aliphatic hydroxyl groups is 1. The maximum Gasteiger partial charge on any atom is 0.338 e. The molecule has 4 amide bonds. The smallest absolute Gasteiger partial charge is 0.338 e. The lowest BCUT2D eigenvalue weighted by Gasteiger charge is -2.39. The molecule has 2 spiro atoms. The van der Waals surface area contributed by atoms with E-state index in [4.69, 9.17) is 33.9 Å². The lowest BCUT2D eigenvalue weighted by molar-refractivity contribution is -0.136. The van der Waals surface area contributed by atoms with Gasteiger partial charge in [-0.25, -0.2) is 9.59 Å². The van der Waals surface area contributed by atoms with Gasteiger partial charge in [-0.15, -0.1) is 0 Å². The van der Waals surface area contributed by atoms with Gasteiger partial charge < -0.3 is 54.3 Å². The van der Waals surface area contributed by atoms with Crippen LogP contribution in [0.1, 0.15) is 153 Å². The number of aliphatic carboxylic acids is 1. The molecule has 20 heteroatoms. The van der Waals surface area contributed by atoms with Crippen LogP contribution in [-0.2, 0) is 41.7 Å². The van der Waals surface area contributed by atoms with Crippen LogP contribution in [-0.4, -0.2) is 161 Å². The SMILES string of the molecule is CCOc1cc(C(=O)OC)c(C2CC2CCOc2cc(C(=O)OC)c(C3CC3)cc2CN2CCC3(CC2)CC(=O)N(c2ccc(C(=O)NCCOCCO)cc2)C3)cc1CN1CCC2(CC1)CC(=O)N(c1ccc(C(=O)NCCC(=O)O)cc1)C2. The summed E-state index contributed by atoms with van der Waals surface area (Å²) in [5.41, 5.74) is 6.96. The molecule has 10 rings (SSSR count). The fourth-order valence-corrected chi connectivity index (χ4v) is 13.1. The van der Waals surface area contributed by atoms with Crippen molar-refractivity contribution in [1.29, 1.82) is 0 Å². The molecule has 4 aromatic rings. The molecule has 6 aliphatic rings. The molecule has 6 fully saturated rings. The monoisotopic (exact) mass is 1170 g/mol. The number of anilines is 2. The predicted octanol–water partition coefficient (Wildman–Crippen LogP) is 7.09. The third-order valence-electron chi connectivity index (χ3n) is 18.2. The molecule has 4 heterocycles. The third-order valence-corrected chi connectivity index (χ3v) is 18.2. The first-order chi connectivity index (χ1) is 41.1. The maximum absolute atomic E-state index is 13.6. The zero-order valence-corrected chi connectivity index (χ0v) is 49.1. The molecule has 20 nitrogen and oxygen atoms in total. The number of nitrogens with one attached hydrogen (secondary N) is 2. The van der Waals surface area contributed by atoms with E-state index in [1.807, 2.05) is 41.0 Å². The Kier molecular flexibility index (Phi) is 19.2. The van der Waals surface area contributed by atoms with Gasteiger partial charge in [0, 0.05) is 85.7 Å². The first kappa shape index (κ1) is 60.7. The Morgan fingerprint density at radius 3 is 1.61 bits per heavy atom. The number of esters is 2. The molecule has 2 saturated carbocycles. The van der Waals surface area contributed by atoms with E-state index < -0.39 is 11.9 Å². The number of piperidine rings is 2. The Morgan fingerprint density at radius 1 is 0.635 bits per heavy atom. The molecule has 2 atom stereocenters. The number of carbonyl (C=O) groups excluding carboxylic acids is 6. The van der Waals surface area contributed by atoms with Crippen molar-refractivity contribution in [3.63, 3.8) is 0 Å². The van der Waals surface area contributed by atoms with Gasteiger partial charge in [0.05, 0.1) is 64.8 Å². The highest BCUT2D eigenvalue weighted by Gasteiger charge is 2.48. The van der Waals surface area contributed by atoms with Gasteiger partial charge in [0.25, 0.3) is 11.8 Å². The summed E-state index contributed by atoms with van der Waals surface area (Å²) in [5.74, 6) is -0.367.